The highest BCUT2D eigenvalue weighted by molar-refractivity contribution is 7.92. The van der Waals surface area contributed by atoms with Gasteiger partial charge >= 0.3 is 0 Å². The number of hydrogen-bond donors (Lipinski definition) is 0. The van der Waals surface area contributed by atoms with Gasteiger partial charge in [0.1, 0.15) is 11.6 Å². The summed E-state index contributed by atoms with van der Waals surface area (Å²) in [4.78, 5) is 16.8. The Balaban J connectivity index is 1.11. The van der Waals surface area contributed by atoms with Crippen molar-refractivity contribution < 1.29 is 31.8 Å². The van der Waals surface area contributed by atoms with E-state index in [1.165, 1.54) is 16.4 Å². The Hall–Kier alpha value is -3.83. The molecule has 0 atom stereocenters. The van der Waals surface area contributed by atoms with Crippen molar-refractivity contribution in [3.05, 3.63) is 83.7 Å². The lowest BCUT2D eigenvalue weighted by atomic mass is 10.1. The fourth-order valence-electron chi connectivity index (χ4n) is 4.55. The minimum Gasteiger partial charge on any atom is -0.484 e. The van der Waals surface area contributed by atoms with Gasteiger partial charge in [-0.15, -0.1) is 0 Å². The number of amides is 1. The predicted molar refractivity (Wildman–Crippen MR) is 144 cm³/mol. The van der Waals surface area contributed by atoms with Gasteiger partial charge in [-0.25, -0.2) is 12.8 Å². The molecule has 1 saturated heterocycles. The predicted octanol–water partition coefficient (Wildman–Crippen LogP) is 3.24. The number of ether oxygens (including phenoxy) is 3. The fourth-order valence-corrected chi connectivity index (χ4v) is 5.44. The third kappa shape index (κ3) is 6.79. The van der Waals surface area contributed by atoms with Crippen LogP contribution in [0.2, 0.25) is 0 Å². The quantitative estimate of drug-likeness (QED) is 0.401. The first-order valence-corrected chi connectivity index (χ1v) is 14.4. The highest BCUT2D eigenvalue weighted by Gasteiger charge is 2.23. The lowest BCUT2D eigenvalue weighted by Crippen LogP contribution is -2.49. The van der Waals surface area contributed by atoms with Crippen LogP contribution in [-0.2, 0) is 27.9 Å². The molecule has 11 heteroatoms. The number of nitrogens with zero attached hydrogens (tertiary/aromatic N) is 3. The summed E-state index contributed by atoms with van der Waals surface area (Å²) in [6.07, 6.45) is 1.12. The molecule has 3 aromatic carbocycles. The van der Waals surface area contributed by atoms with Gasteiger partial charge in [0.05, 0.1) is 18.5 Å². The van der Waals surface area contributed by atoms with Crippen LogP contribution in [0, 0.1) is 5.82 Å². The Morgan fingerprint density at radius 3 is 2.28 bits per heavy atom. The van der Waals surface area contributed by atoms with E-state index in [0.717, 1.165) is 43.0 Å². The molecule has 0 radical (unpaired) electrons. The molecule has 0 bridgehead atoms. The van der Waals surface area contributed by atoms with Gasteiger partial charge in [-0.1, -0.05) is 18.2 Å². The summed E-state index contributed by atoms with van der Waals surface area (Å²) in [5.41, 5.74) is 2.24. The Bertz CT molecular complexity index is 1410. The molecule has 0 aliphatic carbocycles. The zero-order valence-corrected chi connectivity index (χ0v) is 22.4. The van der Waals surface area contributed by atoms with Gasteiger partial charge in [0.2, 0.25) is 16.8 Å². The third-order valence-corrected chi connectivity index (χ3v) is 7.84. The topological polar surface area (TPSA) is 88.6 Å². The number of rotatable bonds is 9. The highest BCUT2D eigenvalue weighted by atomic mass is 32.2. The minimum atomic E-state index is -3.58. The van der Waals surface area contributed by atoms with Crippen LogP contribution in [0.5, 0.6) is 17.2 Å². The van der Waals surface area contributed by atoms with Crippen molar-refractivity contribution in [3.8, 4) is 17.2 Å². The van der Waals surface area contributed by atoms with Gasteiger partial charge in [0.25, 0.3) is 5.91 Å². The van der Waals surface area contributed by atoms with E-state index in [-0.39, 0.29) is 31.7 Å². The van der Waals surface area contributed by atoms with Crippen molar-refractivity contribution >= 4 is 21.6 Å². The number of carbonyl (C=O) groups excluding carboxylic acids is 1. The van der Waals surface area contributed by atoms with Crippen LogP contribution < -0.4 is 18.5 Å². The molecule has 0 unspecified atom stereocenters. The van der Waals surface area contributed by atoms with E-state index in [1.54, 1.807) is 41.3 Å². The van der Waals surface area contributed by atoms with Crippen molar-refractivity contribution in [2.45, 2.75) is 13.1 Å². The van der Waals surface area contributed by atoms with Crippen LogP contribution in [0.25, 0.3) is 0 Å². The molecule has 1 amide bonds. The van der Waals surface area contributed by atoms with E-state index in [2.05, 4.69) is 4.90 Å². The second-order valence-corrected chi connectivity index (χ2v) is 11.4. The number of carbonyl (C=O) groups is 1. The number of halogens is 1. The van der Waals surface area contributed by atoms with E-state index in [4.69, 9.17) is 14.2 Å². The van der Waals surface area contributed by atoms with Gasteiger partial charge in [-0.05, 0) is 59.7 Å². The van der Waals surface area contributed by atoms with E-state index >= 15 is 0 Å². The maximum atomic E-state index is 13.2. The molecule has 2 aliphatic rings. The molecule has 206 valence electrons. The Morgan fingerprint density at radius 2 is 1.59 bits per heavy atom. The van der Waals surface area contributed by atoms with Crippen LogP contribution >= 0.6 is 0 Å². The van der Waals surface area contributed by atoms with Crippen LogP contribution in [0.15, 0.2) is 66.7 Å². The fraction of sp³-hybridized carbons (Fsp3) is 0.321. The third-order valence-electron chi connectivity index (χ3n) is 6.69. The minimum absolute atomic E-state index is 0.0679. The molecule has 3 aromatic rings. The summed E-state index contributed by atoms with van der Waals surface area (Å²) in [6, 6.07) is 18.2. The normalized spacial score (nSPS) is 15.3. The second kappa shape index (κ2) is 11.5. The van der Waals surface area contributed by atoms with Crippen molar-refractivity contribution in [2.24, 2.45) is 0 Å². The lowest BCUT2D eigenvalue weighted by molar-refractivity contribution is -0.135. The number of sulfonamides is 1. The zero-order valence-electron chi connectivity index (χ0n) is 21.6. The van der Waals surface area contributed by atoms with Crippen molar-refractivity contribution in [2.75, 3.05) is 50.1 Å². The molecule has 9 nitrogen and oxygen atoms in total. The monoisotopic (exact) mass is 555 g/mol. The van der Waals surface area contributed by atoms with Gasteiger partial charge in [-0.3, -0.25) is 14.0 Å². The number of anilines is 1. The largest absolute Gasteiger partial charge is 0.484 e. The second-order valence-electron chi connectivity index (χ2n) is 9.52. The van der Waals surface area contributed by atoms with E-state index < -0.39 is 10.0 Å². The summed E-state index contributed by atoms with van der Waals surface area (Å²) in [6.45, 7) is 3.71. The molecule has 0 saturated carbocycles. The van der Waals surface area contributed by atoms with Gasteiger partial charge in [0.15, 0.2) is 18.1 Å². The standard InChI is InChI=1S/C28H30FN3O6S/c1-39(34,35)32(18-21-2-5-23(29)6-3-21)24-7-9-25(10-8-24)36-19-28(33)31-14-12-30(13-15-31)17-22-4-11-26-27(16-22)38-20-37-26/h2-11,16H,12-15,17-20H2,1H3. The molecule has 2 heterocycles. The molecule has 39 heavy (non-hydrogen) atoms. The first-order valence-electron chi connectivity index (χ1n) is 12.6. The molecule has 0 aromatic heterocycles. The maximum absolute atomic E-state index is 13.2. The first-order chi connectivity index (χ1) is 18.7. The van der Waals surface area contributed by atoms with E-state index in [1.807, 2.05) is 18.2 Å². The van der Waals surface area contributed by atoms with E-state index in [0.29, 0.717) is 30.1 Å². The average molecular weight is 556 g/mol. The number of fused-ring (bicyclic) bond motifs is 1. The van der Waals surface area contributed by atoms with Crippen LogP contribution in [0.4, 0.5) is 10.1 Å². The molecule has 0 spiro atoms. The van der Waals surface area contributed by atoms with Crippen LogP contribution in [0.1, 0.15) is 11.1 Å². The number of benzene rings is 3. The Labute approximate surface area is 227 Å². The number of piperazine rings is 1. The van der Waals surface area contributed by atoms with Crippen molar-refractivity contribution in [1.29, 1.82) is 0 Å². The summed E-state index contributed by atoms with van der Waals surface area (Å²) in [5, 5.41) is 0. The smallest absolute Gasteiger partial charge is 0.260 e. The lowest BCUT2D eigenvalue weighted by Gasteiger charge is -2.34. The molecule has 5 rings (SSSR count). The van der Waals surface area contributed by atoms with Gasteiger partial charge < -0.3 is 19.1 Å². The molecule has 2 aliphatic heterocycles. The van der Waals surface area contributed by atoms with Gasteiger partial charge in [-0.2, -0.15) is 0 Å². The maximum Gasteiger partial charge on any atom is 0.260 e. The summed E-state index contributed by atoms with van der Waals surface area (Å²) in [5.74, 6) is 1.51. The molecule has 0 N–H and O–H groups in total. The average Bonchev–Trinajstić information content (AvgIpc) is 3.40. The highest BCUT2D eigenvalue weighted by Crippen LogP contribution is 2.33. The Morgan fingerprint density at radius 1 is 0.923 bits per heavy atom. The molecular formula is C28H30FN3O6S. The number of hydrogen-bond acceptors (Lipinski definition) is 7. The molecule has 1 fully saturated rings. The summed E-state index contributed by atoms with van der Waals surface area (Å²) in [7, 11) is -3.58. The summed E-state index contributed by atoms with van der Waals surface area (Å²) >= 11 is 0. The Kier molecular flexibility index (Phi) is 7.89. The molecular weight excluding hydrogens is 525 g/mol. The van der Waals surface area contributed by atoms with Gasteiger partial charge in [0, 0.05) is 32.7 Å². The summed E-state index contributed by atoms with van der Waals surface area (Å²) < 4.78 is 55.8. The van der Waals surface area contributed by atoms with E-state index in [9.17, 15) is 17.6 Å². The SMILES string of the molecule is CS(=O)(=O)N(Cc1ccc(F)cc1)c1ccc(OCC(=O)N2CCN(Cc3ccc4c(c3)OCO4)CC2)cc1. The first kappa shape index (κ1) is 26.8. The van der Waals surface area contributed by atoms with Crippen molar-refractivity contribution in [3.63, 3.8) is 0 Å². The zero-order chi connectivity index (χ0) is 27.4. The van der Waals surface area contributed by atoms with Crippen LogP contribution in [0.3, 0.4) is 0 Å². The van der Waals surface area contributed by atoms with Crippen molar-refractivity contribution in [1.82, 2.24) is 9.80 Å². The van der Waals surface area contributed by atoms with Crippen LogP contribution in [-0.4, -0.2) is 70.0 Å².